The fourth-order valence-electron chi connectivity index (χ4n) is 2.41. The number of carbonyl (C=O) groups is 1. The maximum absolute atomic E-state index is 12.1. The predicted molar refractivity (Wildman–Crippen MR) is 93.8 cm³/mol. The van der Waals surface area contributed by atoms with Gasteiger partial charge in [0.15, 0.2) is 6.61 Å². The van der Waals surface area contributed by atoms with Crippen LogP contribution >= 0.6 is 0 Å². The number of hydrogen-bond acceptors (Lipinski definition) is 2. The normalized spacial score (nSPS) is 11.8. The second kappa shape index (κ2) is 7.82. The first-order chi connectivity index (χ1) is 11.0. The van der Waals surface area contributed by atoms with E-state index < -0.39 is 0 Å². The standard InChI is InChI=1S/C20H25NO2/c1-5-17-8-10-18(11-9-17)16(4)21-20(22)13-23-19-12-14(2)6-7-15(19)3/h6-12,16H,5,13H2,1-4H3,(H,21,22). The molecule has 23 heavy (non-hydrogen) atoms. The number of carbonyl (C=O) groups excluding carboxylic acids is 1. The van der Waals surface area contributed by atoms with E-state index >= 15 is 0 Å². The molecule has 1 amide bonds. The number of hydrogen-bond donors (Lipinski definition) is 1. The minimum Gasteiger partial charge on any atom is -0.483 e. The molecule has 0 aliphatic rings. The van der Waals surface area contributed by atoms with Crippen molar-refractivity contribution in [2.24, 2.45) is 0 Å². The average molecular weight is 311 g/mol. The van der Waals surface area contributed by atoms with Gasteiger partial charge in [0.25, 0.3) is 5.91 Å². The van der Waals surface area contributed by atoms with E-state index in [9.17, 15) is 4.79 Å². The molecule has 0 saturated heterocycles. The quantitative estimate of drug-likeness (QED) is 0.871. The largest absolute Gasteiger partial charge is 0.483 e. The molecule has 0 spiro atoms. The Morgan fingerprint density at radius 1 is 1.13 bits per heavy atom. The average Bonchev–Trinajstić information content (AvgIpc) is 2.55. The Morgan fingerprint density at radius 2 is 1.83 bits per heavy atom. The van der Waals surface area contributed by atoms with Crippen molar-refractivity contribution < 1.29 is 9.53 Å². The van der Waals surface area contributed by atoms with Crippen molar-refractivity contribution in [3.63, 3.8) is 0 Å². The van der Waals surface area contributed by atoms with E-state index in [0.717, 1.165) is 28.9 Å². The highest BCUT2D eigenvalue weighted by Gasteiger charge is 2.11. The Kier molecular flexibility index (Phi) is 5.80. The first-order valence-corrected chi connectivity index (χ1v) is 8.08. The van der Waals surface area contributed by atoms with Gasteiger partial charge in [-0.15, -0.1) is 0 Å². The third kappa shape index (κ3) is 4.85. The molecule has 0 radical (unpaired) electrons. The lowest BCUT2D eigenvalue weighted by Crippen LogP contribution is -2.31. The van der Waals surface area contributed by atoms with Crippen molar-refractivity contribution in [3.05, 3.63) is 64.7 Å². The van der Waals surface area contributed by atoms with Gasteiger partial charge in [-0.25, -0.2) is 0 Å². The summed E-state index contributed by atoms with van der Waals surface area (Å²) in [5, 5.41) is 2.97. The second-order valence-electron chi connectivity index (χ2n) is 5.94. The van der Waals surface area contributed by atoms with E-state index in [1.165, 1.54) is 5.56 Å². The minimum absolute atomic E-state index is 0.0294. The molecule has 0 bridgehead atoms. The Hall–Kier alpha value is -2.29. The Bertz CT molecular complexity index is 662. The third-order valence-corrected chi connectivity index (χ3v) is 3.97. The molecular formula is C20H25NO2. The van der Waals surface area contributed by atoms with Gasteiger partial charge < -0.3 is 10.1 Å². The van der Waals surface area contributed by atoms with Gasteiger partial charge in [-0.1, -0.05) is 43.3 Å². The molecule has 2 aromatic rings. The van der Waals surface area contributed by atoms with E-state index in [-0.39, 0.29) is 18.6 Å². The van der Waals surface area contributed by atoms with Crippen LogP contribution in [0.4, 0.5) is 0 Å². The first-order valence-electron chi connectivity index (χ1n) is 8.08. The lowest BCUT2D eigenvalue weighted by atomic mass is 10.1. The van der Waals surface area contributed by atoms with Crippen LogP contribution in [0.5, 0.6) is 5.75 Å². The highest BCUT2D eigenvalue weighted by Crippen LogP contribution is 2.19. The number of benzene rings is 2. The zero-order valence-corrected chi connectivity index (χ0v) is 14.3. The molecule has 0 saturated carbocycles. The van der Waals surface area contributed by atoms with Crippen molar-refractivity contribution >= 4 is 5.91 Å². The van der Waals surface area contributed by atoms with E-state index in [0.29, 0.717) is 0 Å². The number of rotatable bonds is 6. The molecule has 1 N–H and O–H groups in total. The van der Waals surface area contributed by atoms with E-state index in [2.05, 4.69) is 36.5 Å². The smallest absolute Gasteiger partial charge is 0.258 e. The number of ether oxygens (including phenoxy) is 1. The van der Waals surface area contributed by atoms with Crippen molar-refractivity contribution in [2.45, 2.75) is 40.2 Å². The van der Waals surface area contributed by atoms with Crippen LogP contribution in [0.2, 0.25) is 0 Å². The SMILES string of the molecule is CCc1ccc(C(C)NC(=O)COc2cc(C)ccc2C)cc1. The second-order valence-corrected chi connectivity index (χ2v) is 5.94. The Labute approximate surface area is 138 Å². The summed E-state index contributed by atoms with van der Waals surface area (Å²) >= 11 is 0. The van der Waals surface area contributed by atoms with Crippen LogP contribution in [0.3, 0.4) is 0 Å². The highest BCUT2D eigenvalue weighted by atomic mass is 16.5. The summed E-state index contributed by atoms with van der Waals surface area (Å²) in [6.45, 7) is 8.13. The minimum atomic E-state index is -0.113. The van der Waals surface area contributed by atoms with Crippen LogP contribution in [0, 0.1) is 13.8 Å². The van der Waals surface area contributed by atoms with E-state index in [1.54, 1.807) is 0 Å². The molecule has 2 aromatic carbocycles. The molecule has 0 heterocycles. The van der Waals surface area contributed by atoms with Gasteiger partial charge in [0, 0.05) is 0 Å². The summed E-state index contributed by atoms with van der Waals surface area (Å²) in [6, 6.07) is 14.3. The van der Waals surface area contributed by atoms with Crippen LogP contribution in [-0.2, 0) is 11.2 Å². The number of aryl methyl sites for hydroxylation is 3. The van der Waals surface area contributed by atoms with Gasteiger partial charge >= 0.3 is 0 Å². The fraction of sp³-hybridized carbons (Fsp3) is 0.350. The first kappa shape index (κ1) is 17.1. The van der Waals surface area contributed by atoms with Gasteiger partial charge in [-0.3, -0.25) is 4.79 Å². The van der Waals surface area contributed by atoms with E-state index in [1.807, 2.05) is 39.0 Å². The summed E-state index contributed by atoms with van der Waals surface area (Å²) in [6.07, 6.45) is 1.02. The molecule has 1 atom stereocenters. The van der Waals surface area contributed by atoms with Crippen LogP contribution < -0.4 is 10.1 Å². The molecule has 0 aromatic heterocycles. The molecular weight excluding hydrogens is 286 g/mol. The highest BCUT2D eigenvalue weighted by molar-refractivity contribution is 5.78. The maximum atomic E-state index is 12.1. The predicted octanol–water partition coefficient (Wildman–Crippen LogP) is 4.12. The molecule has 1 unspecified atom stereocenters. The zero-order chi connectivity index (χ0) is 16.8. The molecule has 122 valence electrons. The lowest BCUT2D eigenvalue weighted by Gasteiger charge is -2.16. The lowest BCUT2D eigenvalue weighted by molar-refractivity contribution is -0.123. The fourth-order valence-corrected chi connectivity index (χ4v) is 2.41. The van der Waals surface area contributed by atoms with Crippen LogP contribution in [0.1, 0.15) is 42.1 Å². The van der Waals surface area contributed by atoms with Crippen molar-refractivity contribution in [1.29, 1.82) is 0 Å². The maximum Gasteiger partial charge on any atom is 0.258 e. The number of amides is 1. The molecule has 3 heteroatoms. The van der Waals surface area contributed by atoms with Crippen molar-refractivity contribution in [1.82, 2.24) is 5.32 Å². The summed E-state index contributed by atoms with van der Waals surface area (Å²) < 4.78 is 5.64. The van der Waals surface area contributed by atoms with Gasteiger partial charge in [0.05, 0.1) is 6.04 Å². The van der Waals surface area contributed by atoms with Crippen LogP contribution in [0.25, 0.3) is 0 Å². The van der Waals surface area contributed by atoms with Crippen LogP contribution in [-0.4, -0.2) is 12.5 Å². The van der Waals surface area contributed by atoms with Crippen LogP contribution in [0.15, 0.2) is 42.5 Å². The summed E-state index contributed by atoms with van der Waals surface area (Å²) in [5.41, 5.74) is 4.55. The number of nitrogens with one attached hydrogen (secondary N) is 1. The Morgan fingerprint density at radius 3 is 2.48 bits per heavy atom. The summed E-state index contributed by atoms with van der Waals surface area (Å²) in [7, 11) is 0. The molecule has 0 fully saturated rings. The zero-order valence-electron chi connectivity index (χ0n) is 14.3. The molecule has 0 aliphatic carbocycles. The van der Waals surface area contributed by atoms with Crippen molar-refractivity contribution in [2.75, 3.05) is 6.61 Å². The third-order valence-electron chi connectivity index (χ3n) is 3.97. The van der Waals surface area contributed by atoms with Gasteiger partial charge in [-0.2, -0.15) is 0 Å². The molecule has 0 aliphatic heterocycles. The van der Waals surface area contributed by atoms with Gasteiger partial charge in [0.1, 0.15) is 5.75 Å². The monoisotopic (exact) mass is 311 g/mol. The summed E-state index contributed by atoms with van der Waals surface area (Å²) in [4.78, 5) is 12.1. The Balaban J connectivity index is 1.89. The summed E-state index contributed by atoms with van der Waals surface area (Å²) in [5.74, 6) is 0.651. The van der Waals surface area contributed by atoms with Crippen molar-refractivity contribution in [3.8, 4) is 5.75 Å². The topological polar surface area (TPSA) is 38.3 Å². The van der Waals surface area contributed by atoms with Gasteiger partial charge in [-0.05, 0) is 55.5 Å². The van der Waals surface area contributed by atoms with Gasteiger partial charge in [0.2, 0.25) is 0 Å². The molecule has 2 rings (SSSR count). The molecule has 3 nitrogen and oxygen atoms in total. The van der Waals surface area contributed by atoms with E-state index in [4.69, 9.17) is 4.74 Å².